The van der Waals surface area contributed by atoms with Crippen molar-refractivity contribution >= 4 is 11.6 Å². The Morgan fingerprint density at radius 3 is 2.59 bits per heavy atom. The van der Waals surface area contributed by atoms with E-state index in [1.54, 1.807) is 0 Å². The van der Waals surface area contributed by atoms with Gasteiger partial charge >= 0.3 is 0 Å². The molecule has 3 rings (SSSR count). The van der Waals surface area contributed by atoms with Crippen molar-refractivity contribution in [1.29, 1.82) is 0 Å². The van der Waals surface area contributed by atoms with Gasteiger partial charge < -0.3 is 0 Å². The van der Waals surface area contributed by atoms with E-state index in [-0.39, 0.29) is 17.5 Å². The van der Waals surface area contributed by atoms with Gasteiger partial charge in [-0.15, -0.1) is 0 Å². The van der Waals surface area contributed by atoms with Crippen molar-refractivity contribution in [2.45, 2.75) is 59.8 Å². The van der Waals surface area contributed by atoms with Gasteiger partial charge in [0.05, 0.1) is 0 Å². The first-order chi connectivity index (χ1) is 10.3. The molecule has 0 heterocycles. The normalized spacial score (nSPS) is 28.0. The van der Waals surface area contributed by atoms with E-state index >= 15 is 0 Å². The molecule has 0 saturated heterocycles. The molecule has 3 aliphatic carbocycles. The maximum atomic E-state index is 12.6. The lowest BCUT2D eigenvalue weighted by Crippen LogP contribution is -2.29. The van der Waals surface area contributed by atoms with Gasteiger partial charge in [-0.3, -0.25) is 9.59 Å². The van der Waals surface area contributed by atoms with Gasteiger partial charge in [-0.2, -0.15) is 0 Å². The molecule has 0 N–H and O–H groups in total. The summed E-state index contributed by atoms with van der Waals surface area (Å²) in [7, 11) is 0. The van der Waals surface area contributed by atoms with Crippen LogP contribution in [0.2, 0.25) is 0 Å². The van der Waals surface area contributed by atoms with Crippen LogP contribution >= 0.6 is 0 Å². The highest BCUT2D eigenvalue weighted by atomic mass is 16.2. The van der Waals surface area contributed by atoms with Crippen molar-refractivity contribution in [3.05, 3.63) is 34.4 Å². The molecular weight excluding hydrogens is 272 g/mol. The summed E-state index contributed by atoms with van der Waals surface area (Å²) in [6.45, 7) is 8.67. The molecule has 0 aromatic heterocycles. The zero-order chi connectivity index (χ0) is 16.1. The van der Waals surface area contributed by atoms with E-state index in [1.807, 2.05) is 19.9 Å². The summed E-state index contributed by atoms with van der Waals surface area (Å²) < 4.78 is 0. The molecule has 0 amide bonds. The van der Waals surface area contributed by atoms with E-state index in [2.05, 4.69) is 19.9 Å². The Hall–Kier alpha value is -1.44. The first kappa shape index (κ1) is 15.5. The Balaban J connectivity index is 2.01. The Labute approximate surface area is 133 Å². The Morgan fingerprint density at radius 1 is 1.18 bits per heavy atom. The van der Waals surface area contributed by atoms with Crippen molar-refractivity contribution < 1.29 is 9.59 Å². The number of hydrogen-bond donors (Lipinski definition) is 0. The fraction of sp³-hybridized carbons (Fsp3) is 0.600. The van der Waals surface area contributed by atoms with Crippen LogP contribution in [0.1, 0.15) is 59.8 Å². The molecule has 0 aromatic rings. The van der Waals surface area contributed by atoms with E-state index in [1.165, 1.54) is 12.0 Å². The lowest BCUT2D eigenvalue weighted by atomic mass is 9.66. The molecule has 1 atom stereocenters. The SMILES string of the molecule is CC(C)C1=CC2=C(CC3=CCCC(C)(C)C3CC2)C(=O)C1=O. The topological polar surface area (TPSA) is 34.1 Å². The Morgan fingerprint density at radius 2 is 1.91 bits per heavy atom. The first-order valence-electron chi connectivity index (χ1n) is 8.53. The Kier molecular flexibility index (Phi) is 3.74. The van der Waals surface area contributed by atoms with Crippen molar-refractivity contribution in [2.24, 2.45) is 17.3 Å². The number of Topliss-reactive ketones (excluding diaryl/α,β-unsaturated/α-hetero) is 2. The molecule has 0 bridgehead atoms. The number of fused-ring (bicyclic) bond motifs is 1. The highest BCUT2D eigenvalue weighted by Crippen LogP contribution is 2.48. The molecule has 0 saturated carbocycles. The summed E-state index contributed by atoms with van der Waals surface area (Å²) in [6.07, 6.45) is 9.37. The first-order valence-corrected chi connectivity index (χ1v) is 8.53. The maximum absolute atomic E-state index is 12.6. The molecule has 22 heavy (non-hydrogen) atoms. The van der Waals surface area contributed by atoms with Crippen LogP contribution in [-0.2, 0) is 9.59 Å². The minimum atomic E-state index is -0.275. The Bertz CT molecular complexity index is 626. The number of carbonyl (C=O) groups excluding carboxylic acids is 2. The minimum Gasteiger partial charge on any atom is -0.285 e. The van der Waals surface area contributed by atoms with Crippen LogP contribution in [0.5, 0.6) is 0 Å². The van der Waals surface area contributed by atoms with Crippen LogP contribution in [0.4, 0.5) is 0 Å². The van der Waals surface area contributed by atoms with Gasteiger partial charge in [0.25, 0.3) is 0 Å². The predicted octanol–water partition coefficient (Wildman–Crippen LogP) is 4.56. The van der Waals surface area contributed by atoms with E-state index in [0.29, 0.717) is 23.3 Å². The van der Waals surface area contributed by atoms with E-state index < -0.39 is 0 Å². The van der Waals surface area contributed by atoms with Crippen LogP contribution in [0.3, 0.4) is 0 Å². The largest absolute Gasteiger partial charge is 0.285 e. The van der Waals surface area contributed by atoms with Crippen molar-refractivity contribution in [3.63, 3.8) is 0 Å². The summed E-state index contributed by atoms with van der Waals surface area (Å²) in [5.74, 6) is 0.145. The standard InChI is InChI=1S/C20H26O2/c1-12(2)15-10-13-7-8-17-14(6-5-9-20(17,3)4)11-16(13)19(22)18(15)21/h6,10,12,17H,5,7-9,11H2,1-4H3. The molecular formula is C20H26O2. The maximum Gasteiger partial charge on any atom is 0.229 e. The van der Waals surface area contributed by atoms with Gasteiger partial charge in [-0.05, 0) is 54.9 Å². The van der Waals surface area contributed by atoms with Crippen LogP contribution in [0.25, 0.3) is 0 Å². The van der Waals surface area contributed by atoms with E-state index in [4.69, 9.17) is 0 Å². The fourth-order valence-electron chi connectivity index (χ4n) is 4.32. The average molecular weight is 298 g/mol. The highest BCUT2D eigenvalue weighted by molar-refractivity contribution is 6.50. The molecule has 118 valence electrons. The van der Waals surface area contributed by atoms with Crippen LogP contribution in [0.15, 0.2) is 34.4 Å². The second kappa shape index (κ2) is 5.33. The van der Waals surface area contributed by atoms with Crippen molar-refractivity contribution in [2.75, 3.05) is 0 Å². The van der Waals surface area contributed by atoms with Crippen LogP contribution in [-0.4, -0.2) is 11.6 Å². The van der Waals surface area contributed by atoms with Crippen LogP contribution < -0.4 is 0 Å². The molecule has 0 fully saturated rings. The van der Waals surface area contributed by atoms with Gasteiger partial charge in [0.2, 0.25) is 11.6 Å². The molecule has 2 heteroatoms. The van der Waals surface area contributed by atoms with Gasteiger partial charge in [0.1, 0.15) is 0 Å². The quantitative estimate of drug-likeness (QED) is 0.404. The summed E-state index contributed by atoms with van der Waals surface area (Å²) in [5, 5.41) is 0. The van der Waals surface area contributed by atoms with Crippen molar-refractivity contribution in [1.82, 2.24) is 0 Å². The third-order valence-corrected chi connectivity index (χ3v) is 5.75. The molecule has 1 unspecified atom stereocenters. The third-order valence-electron chi connectivity index (χ3n) is 5.75. The molecule has 2 nitrogen and oxygen atoms in total. The number of allylic oxidation sites excluding steroid dienone is 6. The summed E-state index contributed by atoms with van der Waals surface area (Å²) in [5.41, 5.74) is 4.29. The zero-order valence-electron chi connectivity index (χ0n) is 14.2. The molecule has 0 aliphatic heterocycles. The van der Waals surface area contributed by atoms with Crippen molar-refractivity contribution in [3.8, 4) is 0 Å². The lowest BCUT2D eigenvalue weighted by Gasteiger charge is -2.39. The molecule has 0 aromatic carbocycles. The van der Waals surface area contributed by atoms with Gasteiger partial charge in [0, 0.05) is 11.1 Å². The van der Waals surface area contributed by atoms with Crippen LogP contribution in [0, 0.1) is 17.3 Å². The molecule has 0 spiro atoms. The summed E-state index contributed by atoms with van der Waals surface area (Å²) >= 11 is 0. The third kappa shape index (κ3) is 2.43. The number of rotatable bonds is 1. The number of ketones is 2. The van der Waals surface area contributed by atoms with Gasteiger partial charge in [-0.1, -0.05) is 45.4 Å². The smallest absolute Gasteiger partial charge is 0.229 e. The molecule has 3 aliphatic rings. The summed E-state index contributed by atoms with van der Waals surface area (Å²) in [4.78, 5) is 24.9. The van der Waals surface area contributed by atoms with Gasteiger partial charge in [-0.25, -0.2) is 0 Å². The molecule has 0 radical (unpaired) electrons. The van der Waals surface area contributed by atoms with Gasteiger partial charge in [0.15, 0.2) is 0 Å². The highest BCUT2D eigenvalue weighted by Gasteiger charge is 2.39. The van der Waals surface area contributed by atoms with E-state index in [0.717, 1.165) is 30.4 Å². The lowest BCUT2D eigenvalue weighted by molar-refractivity contribution is -0.132. The zero-order valence-corrected chi connectivity index (χ0v) is 14.2. The predicted molar refractivity (Wildman–Crippen MR) is 88.4 cm³/mol. The minimum absolute atomic E-state index is 0.117. The average Bonchev–Trinajstić information content (AvgIpc) is 2.62. The number of hydrogen-bond acceptors (Lipinski definition) is 2. The second-order valence-corrected chi connectivity index (χ2v) is 7.99. The van der Waals surface area contributed by atoms with E-state index in [9.17, 15) is 9.59 Å². The monoisotopic (exact) mass is 298 g/mol. The summed E-state index contributed by atoms with van der Waals surface area (Å²) in [6, 6.07) is 0. The fourth-order valence-corrected chi connectivity index (χ4v) is 4.32. The number of carbonyl (C=O) groups is 2. The second-order valence-electron chi connectivity index (χ2n) is 7.99.